The third-order valence-corrected chi connectivity index (χ3v) is 6.99. The molecular formula is C20H21FN6O3S. The van der Waals surface area contributed by atoms with Crippen LogP contribution < -0.4 is 0 Å². The Balaban J connectivity index is 1.35. The number of halogens is 1. The van der Waals surface area contributed by atoms with Gasteiger partial charge in [-0.1, -0.05) is 17.7 Å². The van der Waals surface area contributed by atoms with Gasteiger partial charge >= 0.3 is 0 Å². The van der Waals surface area contributed by atoms with Crippen LogP contribution in [0.25, 0.3) is 11.4 Å². The second-order valence-electron chi connectivity index (χ2n) is 7.25. The van der Waals surface area contributed by atoms with Crippen LogP contribution in [-0.2, 0) is 21.4 Å². The SMILES string of the molecule is Cc1ccc(S(=O)(=O)N2CCN(C(=O)Cn3nnc(-c4ccc(F)cc4)n3)CC2)cc1. The van der Waals surface area contributed by atoms with Crippen molar-refractivity contribution in [1.29, 1.82) is 0 Å². The van der Waals surface area contributed by atoms with Crippen molar-refractivity contribution in [3.8, 4) is 11.4 Å². The molecule has 1 saturated heterocycles. The summed E-state index contributed by atoms with van der Waals surface area (Å²) in [5.74, 6) is -0.299. The summed E-state index contributed by atoms with van der Waals surface area (Å²) < 4.78 is 40.0. The topological polar surface area (TPSA) is 101 Å². The lowest BCUT2D eigenvalue weighted by Gasteiger charge is -2.33. The van der Waals surface area contributed by atoms with Gasteiger partial charge in [-0.3, -0.25) is 4.79 Å². The zero-order chi connectivity index (χ0) is 22.0. The largest absolute Gasteiger partial charge is 0.338 e. The summed E-state index contributed by atoms with van der Waals surface area (Å²) >= 11 is 0. The number of hydrogen-bond donors (Lipinski definition) is 0. The predicted octanol–water partition coefficient (Wildman–Crippen LogP) is 1.32. The monoisotopic (exact) mass is 444 g/mol. The molecule has 31 heavy (non-hydrogen) atoms. The zero-order valence-electron chi connectivity index (χ0n) is 16.8. The van der Waals surface area contributed by atoms with Crippen LogP contribution in [-0.4, -0.2) is 69.9 Å². The first-order chi connectivity index (χ1) is 14.8. The van der Waals surface area contributed by atoms with E-state index in [1.54, 1.807) is 29.2 Å². The molecule has 2 heterocycles. The van der Waals surface area contributed by atoms with Gasteiger partial charge in [0.25, 0.3) is 0 Å². The van der Waals surface area contributed by atoms with Crippen LogP contribution in [0.1, 0.15) is 5.56 Å². The minimum absolute atomic E-state index is 0.112. The van der Waals surface area contributed by atoms with E-state index in [0.717, 1.165) is 5.56 Å². The van der Waals surface area contributed by atoms with Crippen LogP contribution in [0.3, 0.4) is 0 Å². The van der Waals surface area contributed by atoms with E-state index in [0.29, 0.717) is 11.4 Å². The molecule has 11 heteroatoms. The molecule has 1 aliphatic heterocycles. The second kappa shape index (κ2) is 8.52. The minimum atomic E-state index is -3.59. The molecule has 0 spiro atoms. The van der Waals surface area contributed by atoms with E-state index >= 15 is 0 Å². The number of rotatable bonds is 5. The molecule has 2 aromatic carbocycles. The molecule has 0 N–H and O–H groups in total. The zero-order valence-corrected chi connectivity index (χ0v) is 17.7. The van der Waals surface area contributed by atoms with Gasteiger partial charge in [-0.2, -0.15) is 9.10 Å². The number of nitrogens with zero attached hydrogens (tertiary/aromatic N) is 6. The van der Waals surface area contributed by atoms with Crippen molar-refractivity contribution in [2.45, 2.75) is 18.4 Å². The average Bonchev–Trinajstić information content (AvgIpc) is 3.23. The van der Waals surface area contributed by atoms with Crippen LogP contribution in [0.5, 0.6) is 0 Å². The van der Waals surface area contributed by atoms with Crippen LogP contribution >= 0.6 is 0 Å². The van der Waals surface area contributed by atoms with Crippen molar-refractivity contribution in [2.75, 3.05) is 26.2 Å². The van der Waals surface area contributed by atoms with Gasteiger partial charge in [0.2, 0.25) is 21.8 Å². The summed E-state index contributed by atoms with van der Waals surface area (Å²) in [4.78, 5) is 15.6. The standard InChI is InChI=1S/C20H21FN6O3S/c1-15-2-8-18(9-3-15)31(29,30)26-12-10-25(11-13-26)19(28)14-27-23-20(22-24-27)16-4-6-17(21)7-5-16/h2-9H,10-14H2,1H3. The molecule has 1 amide bonds. The number of benzene rings is 2. The Morgan fingerprint density at radius 2 is 1.65 bits per heavy atom. The number of aryl methyl sites for hydroxylation is 1. The molecule has 0 aliphatic carbocycles. The first-order valence-electron chi connectivity index (χ1n) is 9.71. The molecule has 1 aromatic heterocycles. The highest BCUT2D eigenvalue weighted by Gasteiger charge is 2.30. The lowest BCUT2D eigenvalue weighted by molar-refractivity contribution is -0.133. The highest BCUT2D eigenvalue weighted by Crippen LogP contribution is 2.18. The highest BCUT2D eigenvalue weighted by atomic mass is 32.2. The summed E-state index contributed by atoms with van der Waals surface area (Å²) in [6.07, 6.45) is 0. The first-order valence-corrected chi connectivity index (χ1v) is 11.2. The van der Waals surface area contributed by atoms with Gasteiger partial charge in [0.1, 0.15) is 12.4 Å². The van der Waals surface area contributed by atoms with Gasteiger partial charge in [-0.25, -0.2) is 12.8 Å². The first kappa shape index (κ1) is 21.1. The maximum absolute atomic E-state index is 13.0. The van der Waals surface area contributed by atoms with Gasteiger partial charge in [-0.15, -0.1) is 10.2 Å². The molecule has 0 atom stereocenters. The van der Waals surface area contributed by atoms with Crippen LogP contribution in [0, 0.1) is 12.7 Å². The Morgan fingerprint density at radius 3 is 2.29 bits per heavy atom. The number of amides is 1. The van der Waals surface area contributed by atoms with E-state index in [1.807, 2.05) is 6.92 Å². The van der Waals surface area contributed by atoms with E-state index in [9.17, 15) is 17.6 Å². The van der Waals surface area contributed by atoms with E-state index < -0.39 is 10.0 Å². The molecule has 4 rings (SSSR count). The second-order valence-corrected chi connectivity index (χ2v) is 9.19. The Hall–Kier alpha value is -3.18. The maximum atomic E-state index is 13.0. The van der Waals surface area contributed by atoms with Crippen LogP contribution in [0.15, 0.2) is 53.4 Å². The molecule has 1 aliphatic rings. The van der Waals surface area contributed by atoms with Crippen molar-refractivity contribution in [2.24, 2.45) is 0 Å². The maximum Gasteiger partial charge on any atom is 0.246 e. The third-order valence-electron chi connectivity index (χ3n) is 5.08. The molecule has 0 saturated carbocycles. The highest BCUT2D eigenvalue weighted by molar-refractivity contribution is 7.89. The summed E-state index contributed by atoms with van der Waals surface area (Å²) in [6, 6.07) is 12.4. The molecule has 0 bridgehead atoms. The van der Waals surface area contributed by atoms with Crippen LogP contribution in [0.2, 0.25) is 0 Å². The van der Waals surface area contributed by atoms with Crippen molar-refractivity contribution in [3.05, 3.63) is 59.9 Å². The fraction of sp³-hybridized carbons (Fsp3) is 0.300. The smallest absolute Gasteiger partial charge is 0.246 e. The Labute approximate surface area is 179 Å². The van der Waals surface area contributed by atoms with E-state index in [1.165, 1.54) is 33.4 Å². The molecular weight excluding hydrogens is 423 g/mol. The van der Waals surface area contributed by atoms with Gasteiger partial charge in [0.15, 0.2) is 0 Å². The fourth-order valence-corrected chi connectivity index (χ4v) is 4.71. The number of carbonyl (C=O) groups is 1. The number of carbonyl (C=O) groups excluding carboxylic acids is 1. The van der Waals surface area contributed by atoms with Crippen molar-refractivity contribution < 1.29 is 17.6 Å². The molecule has 1 fully saturated rings. The summed E-state index contributed by atoms with van der Waals surface area (Å²) in [5.41, 5.74) is 1.58. The molecule has 9 nitrogen and oxygen atoms in total. The predicted molar refractivity (Wildman–Crippen MR) is 110 cm³/mol. The summed E-state index contributed by atoms with van der Waals surface area (Å²) in [7, 11) is -3.59. The fourth-order valence-electron chi connectivity index (χ4n) is 3.28. The number of tetrazole rings is 1. The molecule has 3 aromatic rings. The summed E-state index contributed by atoms with van der Waals surface area (Å²) in [6.45, 7) is 2.78. The van der Waals surface area contributed by atoms with Crippen LogP contribution in [0.4, 0.5) is 4.39 Å². The van der Waals surface area contributed by atoms with Gasteiger partial charge in [0.05, 0.1) is 4.90 Å². The van der Waals surface area contributed by atoms with Crippen molar-refractivity contribution in [3.63, 3.8) is 0 Å². The van der Waals surface area contributed by atoms with E-state index in [2.05, 4.69) is 15.4 Å². The van der Waals surface area contributed by atoms with Gasteiger partial charge in [0, 0.05) is 31.7 Å². The number of sulfonamides is 1. The number of piperazine rings is 1. The molecule has 162 valence electrons. The van der Waals surface area contributed by atoms with E-state index in [-0.39, 0.29) is 49.3 Å². The normalized spacial score (nSPS) is 15.2. The minimum Gasteiger partial charge on any atom is -0.338 e. The Bertz CT molecular complexity index is 1170. The number of aromatic nitrogens is 4. The van der Waals surface area contributed by atoms with Gasteiger partial charge < -0.3 is 4.90 Å². The van der Waals surface area contributed by atoms with E-state index in [4.69, 9.17) is 0 Å². The third kappa shape index (κ3) is 4.62. The molecule has 0 radical (unpaired) electrons. The average molecular weight is 444 g/mol. The Kier molecular flexibility index (Phi) is 5.79. The summed E-state index contributed by atoms with van der Waals surface area (Å²) in [5, 5.41) is 11.9. The number of hydrogen-bond acceptors (Lipinski definition) is 6. The van der Waals surface area contributed by atoms with Crippen molar-refractivity contribution in [1.82, 2.24) is 29.4 Å². The van der Waals surface area contributed by atoms with Crippen molar-refractivity contribution >= 4 is 15.9 Å². The lowest BCUT2D eigenvalue weighted by atomic mass is 10.2. The Morgan fingerprint density at radius 1 is 1.00 bits per heavy atom. The van der Waals surface area contributed by atoms with Gasteiger partial charge in [-0.05, 0) is 48.5 Å². The lowest BCUT2D eigenvalue weighted by Crippen LogP contribution is -2.51. The quantitative estimate of drug-likeness (QED) is 0.588. The molecule has 0 unspecified atom stereocenters.